The van der Waals surface area contributed by atoms with Crippen LogP contribution in [-0.2, 0) is 19.6 Å². The van der Waals surface area contributed by atoms with Crippen LogP contribution in [0.4, 0.5) is 11.4 Å². The Morgan fingerprint density at radius 1 is 0.903 bits per heavy atom. The topological polar surface area (TPSA) is 113 Å². The van der Waals surface area contributed by atoms with Gasteiger partial charge in [-0.1, -0.05) is 23.2 Å². The predicted molar refractivity (Wildman–Crippen MR) is 118 cm³/mol. The number of sulfonamides is 1. The third kappa shape index (κ3) is 4.51. The molecule has 3 N–H and O–H groups in total. The van der Waals surface area contributed by atoms with Crippen LogP contribution >= 0.6 is 23.2 Å². The van der Waals surface area contributed by atoms with Gasteiger partial charge < -0.3 is 10.4 Å². The normalized spacial score (nSPS) is 24.7. The van der Waals surface area contributed by atoms with Crippen molar-refractivity contribution in [1.29, 1.82) is 0 Å². The fourth-order valence-corrected chi connectivity index (χ4v) is 6.36. The minimum atomic E-state index is -3.89. The second kappa shape index (κ2) is 8.33. The summed E-state index contributed by atoms with van der Waals surface area (Å²) in [6.07, 6.45) is 2.48. The number of rotatable bonds is 6. The molecule has 31 heavy (non-hydrogen) atoms. The first kappa shape index (κ1) is 21.9. The van der Waals surface area contributed by atoms with E-state index in [1.54, 1.807) is 0 Å². The van der Waals surface area contributed by atoms with Crippen LogP contribution < -0.4 is 10.0 Å². The van der Waals surface area contributed by atoms with E-state index in [1.807, 2.05) is 0 Å². The summed E-state index contributed by atoms with van der Waals surface area (Å²) in [5.74, 6) is -2.35. The maximum atomic E-state index is 12.8. The van der Waals surface area contributed by atoms with Crippen molar-refractivity contribution in [3.8, 4) is 0 Å². The zero-order valence-corrected chi connectivity index (χ0v) is 18.5. The van der Waals surface area contributed by atoms with Crippen LogP contribution in [0.15, 0.2) is 47.4 Å². The number of aliphatic carboxylic acids is 1. The first-order chi connectivity index (χ1) is 14.6. The lowest BCUT2D eigenvalue weighted by atomic mass is 9.78. The van der Waals surface area contributed by atoms with E-state index < -0.39 is 27.8 Å². The molecular formula is C21H20Cl2N2O5S. The van der Waals surface area contributed by atoms with Crippen molar-refractivity contribution in [3.63, 3.8) is 0 Å². The zero-order chi connectivity index (χ0) is 22.3. The molecule has 164 valence electrons. The smallest absolute Gasteiger partial charge is 0.307 e. The molecule has 10 heteroatoms. The highest BCUT2D eigenvalue weighted by Gasteiger charge is 2.53. The van der Waals surface area contributed by atoms with Gasteiger partial charge in [0, 0.05) is 15.7 Å². The summed E-state index contributed by atoms with van der Waals surface area (Å²) in [4.78, 5) is 24.4. The molecule has 2 fully saturated rings. The molecule has 2 aromatic carbocycles. The fourth-order valence-electron chi connectivity index (χ4n) is 4.79. The molecule has 1 amide bonds. The maximum absolute atomic E-state index is 12.8. The van der Waals surface area contributed by atoms with E-state index in [2.05, 4.69) is 10.0 Å². The maximum Gasteiger partial charge on any atom is 0.307 e. The number of nitrogens with one attached hydrogen (secondary N) is 2. The Morgan fingerprint density at radius 3 is 2.06 bits per heavy atom. The quantitative estimate of drug-likeness (QED) is 0.561. The van der Waals surface area contributed by atoms with Gasteiger partial charge in [-0.05, 0) is 73.6 Å². The standard InChI is InChI=1S/C21H20Cl2N2O5S/c22-13-8-14(23)10-16(9-13)25-31(29,30)17-5-3-15(4-6-17)24-20(26)18-11-1-2-12(7-11)19(18)21(27)28/h3-6,8-12,18-19,25H,1-2,7H2,(H,24,26)(H,27,28)/t11-,12+,18-,19+/m0/s1. The van der Waals surface area contributed by atoms with E-state index in [4.69, 9.17) is 23.2 Å². The number of carbonyl (C=O) groups is 2. The summed E-state index contributed by atoms with van der Waals surface area (Å²) in [5.41, 5.74) is 0.632. The van der Waals surface area contributed by atoms with Gasteiger partial charge in [0.25, 0.3) is 10.0 Å². The summed E-state index contributed by atoms with van der Waals surface area (Å²) >= 11 is 11.8. The number of carboxylic acids is 1. The third-order valence-electron chi connectivity index (χ3n) is 6.05. The van der Waals surface area contributed by atoms with Gasteiger partial charge in [-0.3, -0.25) is 14.3 Å². The number of fused-ring (bicyclic) bond motifs is 2. The summed E-state index contributed by atoms with van der Waals surface area (Å²) in [6.45, 7) is 0. The molecule has 0 heterocycles. The minimum absolute atomic E-state index is 0.00932. The molecule has 0 saturated heterocycles. The van der Waals surface area contributed by atoms with Gasteiger partial charge in [-0.15, -0.1) is 0 Å². The molecule has 0 spiro atoms. The van der Waals surface area contributed by atoms with E-state index in [0.717, 1.165) is 19.3 Å². The lowest BCUT2D eigenvalue weighted by Gasteiger charge is -2.27. The highest BCUT2D eigenvalue weighted by atomic mass is 35.5. The van der Waals surface area contributed by atoms with Crippen LogP contribution in [0, 0.1) is 23.7 Å². The van der Waals surface area contributed by atoms with Crippen molar-refractivity contribution in [2.24, 2.45) is 23.7 Å². The molecule has 0 aliphatic heterocycles. The van der Waals surface area contributed by atoms with Crippen LogP contribution in [0.25, 0.3) is 0 Å². The zero-order valence-electron chi connectivity index (χ0n) is 16.2. The van der Waals surface area contributed by atoms with Gasteiger partial charge >= 0.3 is 5.97 Å². The molecule has 2 aliphatic rings. The molecule has 7 nitrogen and oxygen atoms in total. The van der Waals surface area contributed by atoms with E-state index in [0.29, 0.717) is 15.7 Å². The van der Waals surface area contributed by atoms with Crippen molar-refractivity contribution in [3.05, 3.63) is 52.5 Å². The van der Waals surface area contributed by atoms with Gasteiger partial charge in [-0.2, -0.15) is 0 Å². The number of anilines is 2. The first-order valence-corrected chi connectivity index (χ1v) is 12.0. The predicted octanol–water partition coefficient (Wildman–Crippen LogP) is 4.48. The Balaban J connectivity index is 1.46. The Morgan fingerprint density at radius 2 is 1.48 bits per heavy atom. The lowest BCUT2D eigenvalue weighted by molar-refractivity contribution is -0.148. The molecule has 2 bridgehead atoms. The second-order valence-electron chi connectivity index (χ2n) is 8.00. The largest absolute Gasteiger partial charge is 0.481 e. The molecular weight excluding hydrogens is 463 g/mol. The summed E-state index contributed by atoms with van der Waals surface area (Å²) in [6, 6.07) is 10.0. The lowest BCUT2D eigenvalue weighted by Crippen LogP contribution is -2.37. The Kier molecular flexibility index (Phi) is 5.89. The third-order valence-corrected chi connectivity index (χ3v) is 7.88. The van der Waals surface area contributed by atoms with E-state index in [9.17, 15) is 23.1 Å². The van der Waals surface area contributed by atoms with Crippen molar-refractivity contribution < 1.29 is 23.1 Å². The number of amides is 1. The Hall–Kier alpha value is -2.29. The average molecular weight is 483 g/mol. The van der Waals surface area contributed by atoms with Gasteiger partial charge in [-0.25, -0.2) is 8.42 Å². The molecule has 0 unspecified atom stereocenters. The molecule has 4 rings (SSSR count). The Bertz CT molecular complexity index is 1120. The minimum Gasteiger partial charge on any atom is -0.481 e. The van der Waals surface area contributed by atoms with Crippen LogP contribution in [0.1, 0.15) is 19.3 Å². The molecule has 4 atom stereocenters. The van der Waals surface area contributed by atoms with E-state index >= 15 is 0 Å². The van der Waals surface area contributed by atoms with Gasteiger partial charge in [0.2, 0.25) is 5.91 Å². The molecule has 2 saturated carbocycles. The molecule has 2 aromatic rings. The van der Waals surface area contributed by atoms with Crippen LogP contribution in [0.3, 0.4) is 0 Å². The summed E-state index contributed by atoms with van der Waals surface area (Å²) in [5, 5.41) is 12.9. The fraction of sp³-hybridized carbons (Fsp3) is 0.333. The van der Waals surface area contributed by atoms with Crippen molar-refractivity contribution in [1.82, 2.24) is 0 Å². The van der Waals surface area contributed by atoms with Crippen molar-refractivity contribution >= 4 is 56.5 Å². The number of halogens is 2. The molecule has 2 aliphatic carbocycles. The first-order valence-electron chi connectivity index (χ1n) is 9.77. The molecule has 0 radical (unpaired) electrons. The van der Waals surface area contributed by atoms with Crippen LogP contribution in [-0.4, -0.2) is 25.4 Å². The van der Waals surface area contributed by atoms with Crippen molar-refractivity contribution in [2.75, 3.05) is 10.0 Å². The highest BCUT2D eigenvalue weighted by Crippen LogP contribution is 2.52. The van der Waals surface area contributed by atoms with Crippen molar-refractivity contribution in [2.45, 2.75) is 24.2 Å². The molecule has 0 aromatic heterocycles. The average Bonchev–Trinajstić information content (AvgIpc) is 3.28. The number of carboxylic acid groups (broad SMARTS) is 1. The second-order valence-corrected chi connectivity index (χ2v) is 10.6. The number of carbonyl (C=O) groups excluding carboxylic acids is 1. The number of hydrogen-bond donors (Lipinski definition) is 3. The Labute approximate surface area is 189 Å². The van der Waals surface area contributed by atoms with Crippen LogP contribution in [0.5, 0.6) is 0 Å². The van der Waals surface area contributed by atoms with Gasteiger partial charge in [0.05, 0.1) is 22.4 Å². The van der Waals surface area contributed by atoms with Gasteiger partial charge in [0.15, 0.2) is 0 Å². The SMILES string of the molecule is O=C(O)[C@@H]1[C@@H]2CC[C@@H](C2)[C@@H]1C(=O)Nc1ccc(S(=O)(=O)Nc2cc(Cl)cc(Cl)c2)cc1. The number of benzene rings is 2. The summed E-state index contributed by atoms with van der Waals surface area (Å²) in [7, 11) is -3.89. The van der Waals surface area contributed by atoms with E-state index in [-0.39, 0.29) is 28.3 Å². The van der Waals surface area contributed by atoms with Gasteiger partial charge in [0.1, 0.15) is 0 Å². The summed E-state index contributed by atoms with van der Waals surface area (Å²) < 4.78 is 27.7. The highest BCUT2D eigenvalue weighted by molar-refractivity contribution is 7.92. The monoisotopic (exact) mass is 482 g/mol. The number of hydrogen-bond acceptors (Lipinski definition) is 4. The van der Waals surface area contributed by atoms with E-state index in [1.165, 1.54) is 42.5 Å². The van der Waals surface area contributed by atoms with Crippen LogP contribution in [0.2, 0.25) is 10.0 Å².